The number of halogens is 1. The molecule has 0 spiro atoms. The Morgan fingerprint density at radius 2 is 2.11 bits per heavy atom. The molecule has 0 aromatic heterocycles. The number of nitrogens with zero attached hydrogens (tertiary/aromatic N) is 2. The smallest absolute Gasteiger partial charge is 0.146 e. The number of ether oxygens (including phenoxy) is 1. The molecule has 0 bridgehead atoms. The minimum Gasteiger partial charge on any atom is -0.497 e. The third-order valence-electron chi connectivity index (χ3n) is 4.33. The Bertz CT molecular complexity index is 452. The van der Waals surface area contributed by atoms with Crippen molar-refractivity contribution in [2.75, 3.05) is 38.2 Å². The molecule has 0 N–H and O–H groups in total. The van der Waals surface area contributed by atoms with Gasteiger partial charge in [-0.15, -0.1) is 0 Å². The van der Waals surface area contributed by atoms with E-state index in [0.717, 1.165) is 25.4 Å². The Hall–Kier alpha value is -1.29. The summed E-state index contributed by atoms with van der Waals surface area (Å²) < 4.78 is 19.2. The van der Waals surface area contributed by atoms with E-state index in [9.17, 15) is 4.39 Å². The van der Waals surface area contributed by atoms with Crippen molar-refractivity contribution in [1.29, 1.82) is 0 Å². The van der Waals surface area contributed by atoms with Crippen LogP contribution in [0.25, 0.3) is 0 Å². The Labute approximate surface area is 114 Å². The minimum atomic E-state index is -0.148. The molecule has 0 aliphatic carbocycles. The fraction of sp³-hybridized carbons (Fsp3) is 0.600. The van der Waals surface area contributed by atoms with Gasteiger partial charge in [0.1, 0.15) is 11.6 Å². The zero-order valence-electron chi connectivity index (χ0n) is 11.4. The lowest BCUT2D eigenvalue weighted by molar-refractivity contribution is 0.133. The second-order valence-electron chi connectivity index (χ2n) is 5.45. The number of anilines is 1. The van der Waals surface area contributed by atoms with Crippen LogP contribution >= 0.6 is 0 Å². The van der Waals surface area contributed by atoms with E-state index in [0.29, 0.717) is 11.7 Å². The van der Waals surface area contributed by atoms with E-state index in [1.54, 1.807) is 13.2 Å². The molecule has 1 unspecified atom stereocenters. The van der Waals surface area contributed by atoms with E-state index in [1.807, 2.05) is 6.07 Å². The average Bonchev–Trinajstić information content (AvgIpc) is 2.47. The maximum atomic E-state index is 14.0. The van der Waals surface area contributed by atoms with Gasteiger partial charge < -0.3 is 9.64 Å². The van der Waals surface area contributed by atoms with Gasteiger partial charge in [-0.3, -0.25) is 4.90 Å². The number of fused-ring (bicyclic) bond motifs is 1. The summed E-state index contributed by atoms with van der Waals surface area (Å²) in [4.78, 5) is 4.72. The summed E-state index contributed by atoms with van der Waals surface area (Å²) in [5.74, 6) is 0.576. The zero-order valence-corrected chi connectivity index (χ0v) is 11.4. The normalized spacial score (nSPS) is 24.1. The SMILES string of the molecule is COc1ccc(F)c(N2CCN3CCCCC3C2)c1. The molecule has 2 fully saturated rings. The van der Waals surface area contributed by atoms with Gasteiger partial charge in [-0.05, 0) is 31.5 Å². The van der Waals surface area contributed by atoms with Crippen LogP contribution in [0.3, 0.4) is 0 Å². The van der Waals surface area contributed by atoms with Gasteiger partial charge in [-0.1, -0.05) is 6.42 Å². The number of benzene rings is 1. The summed E-state index contributed by atoms with van der Waals surface area (Å²) >= 11 is 0. The molecule has 3 rings (SSSR count). The van der Waals surface area contributed by atoms with E-state index in [1.165, 1.54) is 31.9 Å². The van der Waals surface area contributed by atoms with Crippen LogP contribution in [0, 0.1) is 5.82 Å². The van der Waals surface area contributed by atoms with E-state index in [-0.39, 0.29) is 5.82 Å². The molecule has 2 aliphatic heterocycles. The van der Waals surface area contributed by atoms with Gasteiger partial charge in [0.15, 0.2) is 0 Å². The van der Waals surface area contributed by atoms with Crippen LogP contribution in [0.1, 0.15) is 19.3 Å². The second kappa shape index (κ2) is 5.37. The van der Waals surface area contributed by atoms with Crippen molar-refractivity contribution in [3.63, 3.8) is 0 Å². The first-order valence-corrected chi connectivity index (χ1v) is 7.10. The van der Waals surface area contributed by atoms with Crippen LogP contribution in [0.5, 0.6) is 5.75 Å². The van der Waals surface area contributed by atoms with Crippen molar-refractivity contribution >= 4 is 5.69 Å². The number of hydrogen-bond acceptors (Lipinski definition) is 3. The van der Waals surface area contributed by atoms with Crippen molar-refractivity contribution < 1.29 is 9.13 Å². The number of piperidine rings is 1. The fourth-order valence-corrected chi connectivity index (χ4v) is 3.24. The average molecular weight is 264 g/mol. The van der Waals surface area contributed by atoms with Gasteiger partial charge >= 0.3 is 0 Å². The molecule has 2 heterocycles. The third kappa shape index (κ3) is 2.54. The van der Waals surface area contributed by atoms with E-state index >= 15 is 0 Å². The largest absolute Gasteiger partial charge is 0.497 e. The summed E-state index contributed by atoms with van der Waals surface area (Å²) in [6.45, 7) is 4.09. The molecule has 1 aromatic rings. The Balaban J connectivity index is 1.79. The minimum absolute atomic E-state index is 0.148. The summed E-state index contributed by atoms with van der Waals surface area (Å²) in [5.41, 5.74) is 0.685. The van der Waals surface area contributed by atoms with Gasteiger partial charge in [0.05, 0.1) is 12.8 Å². The van der Waals surface area contributed by atoms with Crippen LogP contribution in [0.4, 0.5) is 10.1 Å². The molecule has 0 radical (unpaired) electrons. The number of hydrogen-bond donors (Lipinski definition) is 0. The summed E-state index contributed by atoms with van der Waals surface area (Å²) in [6, 6.07) is 5.58. The molecular formula is C15H21FN2O. The first-order chi connectivity index (χ1) is 9.28. The van der Waals surface area contributed by atoms with Gasteiger partial charge in [0, 0.05) is 31.7 Å². The highest BCUT2D eigenvalue weighted by molar-refractivity contribution is 5.52. The first-order valence-electron chi connectivity index (χ1n) is 7.10. The Morgan fingerprint density at radius 3 is 2.95 bits per heavy atom. The van der Waals surface area contributed by atoms with Crippen molar-refractivity contribution in [2.45, 2.75) is 25.3 Å². The van der Waals surface area contributed by atoms with Crippen LogP contribution < -0.4 is 9.64 Å². The Morgan fingerprint density at radius 1 is 1.21 bits per heavy atom. The van der Waals surface area contributed by atoms with Crippen molar-refractivity contribution in [3.8, 4) is 5.75 Å². The lowest BCUT2D eigenvalue weighted by Crippen LogP contribution is -2.55. The third-order valence-corrected chi connectivity index (χ3v) is 4.33. The molecular weight excluding hydrogens is 243 g/mol. The highest BCUT2D eigenvalue weighted by atomic mass is 19.1. The molecule has 1 atom stereocenters. The van der Waals surface area contributed by atoms with Crippen molar-refractivity contribution in [3.05, 3.63) is 24.0 Å². The van der Waals surface area contributed by atoms with Crippen LogP contribution in [-0.4, -0.2) is 44.2 Å². The molecule has 19 heavy (non-hydrogen) atoms. The van der Waals surface area contributed by atoms with E-state index < -0.39 is 0 Å². The predicted molar refractivity (Wildman–Crippen MR) is 74.4 cm³/mol. The van der Waals surface area contributed by atoms with Gasteiger partial charge in [0.2, 0.25) is 0 Å². The number of methoxy groups -OCH3 is 1. The Kier molecular flexibility index (Phi) is 3.60. The fourth-order valence-electron chi connectivity index (χ4n) is 3.24. The predicted octanol–water partition coefficient (Wildman–Crippen LogP) is 2.51. The lowest BCUT2D eigenvalue weighted by Gasteiger charge is -2.45. The highest BCUT2D eigenvalue weighted by Gasteiger charge is 2.29. The summed E-state index contributed by atoms with van der Waals surface area (Å²) in [7, 11) is 1.62. The second-order valence-corrected chi connectivity index (χ2v) is 5.45. The topological polar surface area (TPSA) is 15.7 Å². The van der Waals surface area contributed by atoms with E-state index in [2.05, 4.69) is 9.80 Å². The number of rotatable bonds is 2. The van der Waals surface area contributed by atoms with Gasteiger partial charge in [0.25, 0.3) is 0 Å². The van der Waals surface area contributed by atoms with Crippen LogP contribution in [0.15, 0.2) is 18.2 Å². The molecule has 104 valence electrons. The molecule has 4 heteroatoms. The maximum Gasteiger partial charge on any atom is 0.146 e. The first kappa shape index (κ1) is 12.7. The standard InChI is InChI=1S/C15H21FN2O/c1-19-13-5-6-14(16)15(10-13)18-9-8-17-7-3-2-4-12(17)11-18/h5-6,10,12H,2-4,7-9,11H2,1H3. The summed E-state index contributed by atoms with van der Waals surface area (Å²) in [5, 5.41) is 0. The number of piperazine rings is 1. The van der Waals surface area contributed by atoms with Gasteiger partial charge in [-0.25, -0.2) is 4.39 Å². The molecule has 1 aromatic carbocycles. The molecule has 2 aliphatic rings. The quantitative estimate of drug-likeness (QED) is 0.816. The monoisotopic (exact) mass is 264 g/mol. The molecule has 2 saturated heterocycles. The van der Waals surface area contributed by atoms with Crippen LogP contribution in [0.2, 0.25) is 0 Å². The lowest BCUT2D eigenvalue weighted by atomic mass is 9.99. The van der Waals surface area contributed by atoms with Crippen LogP contribution in [-0.2, 0) is 0 Å². The zero-order chi connectivity index (χ0) is 13.2. The van der Waals surface area contributed by atoms with Gasteiger partial charge in [-0.2, -0.15) is 0 Å². The van der Waals surface area contributed by atoms with Crippen molar-refractivity contribution in [1.82, 2.24) is 4.90 Å². The molecule has 3 nitrogen and oxygen atoms in total. The summed E-state index contributed by atoms with van der Waals surface area (Å²) in [6.07, 6.45) is 3.85. The van der Waals surface area contributed by atoms with Crippen molar-refractivity contribution in [2.24, 2.45) is 0 Å². The molecule has 0 amide bonds. The van der Waals surface area contributed by atoms with E-state index in [4.69, 9.17) is 4.74 Å². The highest BCUT2D eigenvalue weighted by Crippen LogP contribution is 2.29. The maximum absolute atomic E-state index is 14.0. The molecule has 0 saturated carbocycles.